The Morgan fingerprint density at radius 1 is 1.04 bits per heavy atom. The van der Waals surface area contributed by atoms with Gasteiger partial charge >= 0.3 is 6.97 Å². The Hall–Kier alpha value is -0.695. The molecule has 0 bridgehead atoms. The molecule has 0 spiro atoms. The molecule has 4 rings (SSSR count). The zero-order chi connectivity index (χ0) is 17.2. The Kier molecular flexibility index (Phi) is 3.95. The van der Waals surface area contributed by atoms with Gasteiger partial charge in [-0.25, -0.2) is 0 Å². The SMILES string of the molecule is F[B-]1(F)n2c(Br)ccc2C(c2ccc(Br)c(Cl)c2)=C2C=CC(Br)=[N+]21. The summed E-state index contributed by atoms with van der Waals surface area (Å²) >= 11 is 16.1. The van der Waals surface area contributed by atoms with E-state index in [4.69, 9.17) is 11.6 Å². The second-order valence-electron chi connectivity index (χ2n) is 5.41. The molecule has 0 aliphatic carbocycles. The molecule has 0 unspecified atom stereocenters. The van der Waals surface area contributed by atoms with E-state index in [1.807, 2.05) is 12.1 Å². The van der Waals surface area contributed by atoms with E-state index in [9.17, 15) is 0 Å². The van der Waals surface area contributed by atoms with Crippen molar-refractivity contribution in [1.82, 2.24) is 4.48 Å². The lowest BCUT2D eigenvalue weighted by Crippen LogP contribution is -2.50. The van der Waals surface area contributed by atoms with Gasteiger partial charge in [-0.1, -0.05) is 17.7 Å². The number of halogens is 6. The van der Waals surface area contributed by atoms with E-state index < -0.39 is 6.97 Å². The predicted molar refractivity (Wildman–Crippen MR) is 104 cm³/mol. The van der Waals surface area contributed by atoms with E-state index in [-0.39, 0.29) is 0 Å². The van der Waals surface area contributed by atoms with Crippen LogP contribution in [-0.4, -0.2) is 20.6 Å². The molecular weight excluding hydrogens is 532 g/mol. The molecule has 1 aromatic carbocycles. The summed E-state index contributed by atoms with van der Waals surface area (Å²) in [6.45, 7) is -4.00. The summed E-state index contributed by atoms with van der Waals surface area (Å²) in [6.07, 6.45) is 3.32. The molecular formula is C15H7BBr3ClF2N2. The fraction of sp³-hybridized carbons (Fsp3) is 0. The second-order valence-corrected chi connectivity index (χ2v) is 8.30. The number of rotatable bonds is 1. The fourth-order valence-corrected chi connectivity index (χ4v) is 4.65. The van der Waals surface area contributed by atoms with Crippen molar-refractivity contribution in [3.63, 3.8) is 0 Å². The van der Waals surface area contributed by atoms with Gasteiger partial charge in [0.05, 0.1) is 15.2 Å². The summed E-state index contributed by atoms with van der Waals surface area (Å²) in [5.74, 6) is 0. The van der Waals surface area contributed by atoms with Crippen molar-refractivity contribution in [2.45, 2.75) is 0 Å². The first kappa shape index (κ1) is 16.8. The van der Waals surface area contributed by atoms with E-state index in [0.717, 1.165) is 19.0 Å². The van der Waals surface area contributed by atoms with E-state index in [0.29, 0.717) is 31.2 Å². The Labute approximate surface area is 166 Å². The molecule has 0 saturated carbocycles. The first-order chi connectivity index (χ1) is 11.3. The van der Waals surface area contributed by atoms with Gasteiger partial charge in [0.1, 0.15) is 0 Å². The smallest absolute Gasteiger partial charge is 0.389 e. The van der Waals surface area contributed by atoms with Crippen LogP contribution in [0.2, 0.25) is 5.02 Å². The normalized spacial score (nSPS) is 18.2. The third-order valence-corrected chi connectivity index (χ3v) is 6.60. The van der Waals surface area contributed by atoms with Gasteiger partial charge < -0.3 is 17.6 Å². The van der Waals surface area contributed by atoms with Gasteiger partial charge in [0.25, 0.3) is 0 Å². The van der Waals surface area contributed by atoms with Crippen LogP contribution >= 0.6 is 59.4 Å². The van der Waals surface area contributed by atoms with Gasteiger partial charge in [-0.3, -0.25) is 0 Å². The molecule has 0 N–H and O–H groups in total. The Morgan fingerprint density at radius 3 is 2.50 bits per heavy atom. The lowest BCUT2D eigenvalue weighted by molar-refractivity contribution is -0.358. The fourth-order valence-electron chi connectivity index (χ4n) is 3.08. The number of benzene rings is 1. The van der Waals surface area contributed by atoms with E-state index in [1.165, 1.54) is 0 Å². The summed E-state index contributed by atoms with van der Waals surface area (Å²) in [6, 6.07) is 8.76. The molecule has 1 aromatic heterocycles. The molecule has 24 heavy (non-hydrogen) atoms. The highest BCUT2D eigenvalue weighted by molar-refractivity contribution is 9.18. The Bertz CT molecular complexity index is 995. The quantitative estimate of drug-likeness (QED) is 0.391. The van der Waals surface area contributed by atoms with Gasteiger partial charge in [0.15, 0.2) is 5.70 Å². The standard InChI is InChI=1S/C15H7BBr3ClF2N2/c17-9-2-1-8(7-10(9)20)15-11-3-5-13(18)23(11)16(21,22)24-12(15)4-6-14(24)19/h1-7H. The first-order valence-corrected chi connectivity index (χ1v) is 9.67. The first-order valence-electron chi connectivity index (χ1n) is 6.91. The monoisotopic (exact) mass is 536 g/mol. The largest absolute Gasteiger partial charge is 0.738 e. The average Bonchev–Trinajstić information content (AvgIpc) is 3.08. The third-order valence-electron chi connectivity index (χ3n) is 4.08. The van der Waals surface area contributed by atoms with Gasteiger partial charge in [0, 0.05) is 38.2 Å². The van der Waals surface area contributed by atoms with Gasteiger partial charge in [-0.2, -0.15) is 0 Å². The van der Waals surface area contributed by atoms with Crippen molar-refractivity contribution in [3.05, 3.63) is 73.5 Å². The zero-order valence-corrected chi connectivity index (χ0v) is 17.3. The Balaban J connectivity index is 2.10. The van der Waals surface area contributed by atoms with Crippen molar-refractivity contribution < 1.29 is 13.1 Å². The molecule has 2 aliphatic rings. The number of allylic oxidation sites excluding steroid dienone is 2. The van der Waals surface area contributed by atoms with Gasteiger partial charge in [0.2, 0.25) is 4.62 Å². The van der Waals surface area contributed by atoms with Crippen molar-refractivity contribution >= 4 is 76.6 Å². The second kappa shape index (κ2) is 5.66. The number of hydrogen-bond donors (Lipinski definition) is 0. The van der Waals surface area contributed by atoms with Crippen LogP contribution in [0.4, 0.5) is 8.63 Å². The van der Waals surface area contributed by atoms with E-state index in [2.05, 4.69) is 47.8 Å². The number of aromatic nitrogens is 1. The highest BCUT2D eigenvalue weighted by Crippen LogP contribution is 2.42. The van der Waals surface area contributed by atoms with Crippen molar-refractivity contribution in [2.75, 3.05) is 0 Å². The average molecular weight is 539 g/mol. The molecule has 2 nitrogen and oxygen atoms in total. The van der Waals surface area contributed by atoms with Crippen LogP contribution in [0.15, 0.2) is 57.3 Å². The van der Waals surface area contributed by atoms with E-state index >= 15 is 8.63 Å². The minimum absolute atomic E-state index is 0.328. The summed E-state index contributed by atoms with van der Waals surface area (Å²) in [7, 11) is 0. The highest BCUT2D eigenvalue weighted by atomic mass is 79.9. The van der Waals surface area contributed by atoms with Crippen LogP contribution in [0.1, 0.15) is 11.3 Å². The summed E-state index contributed by atoms with van der Waals surface area (Å²) < 4.78 is 33.7. The van der Waals surface area contributed by atoms with Gasteiger partial charge in [-0.05, 0) is 61.7 Å². The lowest BCUT2D eigenvalue weighted by atomic mass is 9.86. The summed E-state index contributed by atoms with van der Waals surface area (Å²) in [4.78, 5) is 0. The van der Waals surface area contributed by atoms with Crippen LogP contribution in [0.3, 0.4) is 0 Å². The predicted octanol–water partition coefficient (Wildman–Crippen LogP) is 6.04. The van der Waals surface area contributed by atoms with Gasteiger partial charge in [-0.15, -0.1) is 0 Å². The molecule has 0 saturated heterocycles. The topological polar surface area (TPSA) is 7.94 Å². The van der Waals surface area contributed by atoms with Crippen molar-refractivity contribution in [2.24, 2.45) is 0 Å². The summed E-state index contributed by atoms with van der Waals surface area (Å²) in [5, 5.41) is 0.525. The van der Waals surface area contributed by atoms with E-state index in [1.54, 1.807) is 30.4 Å². The molecule has 0 radical (unpaired) electrons. The van der Waals surface area contributed by atoms with Crippen LogP contribution in [0, 0.1) is 0 Å². The summed E-state index contributed by atoms with van der Waals surface area (Å²) in [5.41, 5.74) is 2.37. The maximum absolute atomic E-state index is 15.1. The Morgan fingerprint density at radius 2 is 1.79 bits per heavy atom. The lowest BCUT2D eigenvalue weighted by Gasteiger charge is -2.32. The molecule has 2 aliphatic heterocycles. The number of hydrogen-bond acceptors (Lipinski definition) is 0. The molecule has 0 fully saturated rings. The molecule has 3 heterocycles. The molecule has 122 valence electrons. The van der Waals surface area contributed by atoms with Crippen LogP contribution in [0.25, 0.3) is 5.57 Å². The highest BCUT2D eigenvalue weighted by Gasteiger charge is 2.54. The molecule has 9 heteroatoms. The van der Waals surface area contributed by atoms with Crippen molar-refractivity contribution in [1.29, 1.82) is 0 Å². The maximum Gasteiger partial charge on any atom is 0.738 e. The minimum atomic E-state index is -4.00. The zero-order valence-electron chi connectivity index (χ0n) is 11.8. The third kappa shape index (κ3) is 2.26. The molecule has 0 amide bonds. The molecule has 0 atom stereocenters. The number of fused-ring (bicyclic) bond motifs is 2. The van der Waals surface area contributed by atoms with Crippen LogP contribution < -0.4 is 0 Å². The number of nitrogens with zero attached hydrogens (tertiary/aromatic N) is 2. The minimum Gasteiger partial charge on any atom is -0.389 e. The van der Waals surface area contributed by atoms with Crippen LogP contribution in [-0.2, 0) is 0 Å². The van der Waals surface area contributed by atoms with Crippen LogP contribution in [0.5, 0.6) is 0 Å². The van der Waals surface area contributed by atoms with Crippen molar-refractivity contribution in [3.8, 4) is 0 Å². The maximum atomic E-state index is 15.1. The molecule has 2 aromatic rings.